The fraction of sp³-hybridized carbons (Fsp3) is 0.406. The van der Waals surface area contributed by atoms with E-state index in [0.29, 0.717) is 31.8 Å². The highest BCUT2D eigenvalue weighted by Gasteiger charge is 2.35. The molecule has 2 aromatic heterocycles. The van der Waals surface area contributed by atoms with E-state index in [4.69, 9.17) is 14.5 Å². The van der Waals surface area contributed by atoms with Crippen molar-refractivity contribution in [2.75, 3.05) is 33.4 Å². The lowest BCUT2D eigenvalue weighted by Gasteiger charge is -2.36. The number of nitrogens with one attached hydrogen (secondary N) is 2. The van der Waals surface area contributed by atoms with E-state index in [2.05, 4.69) is 32.7 Å². The molecule has 1 saturated carbocycles. The number of aromatic nitrogens is 2. The van der Waals surface area contributed by atoms with Gasteiger partial charge in [-0.25, -0.2) is 9.78 Å². The van der Waals surface area contributed by atoms with E-state index < -0.39 is 6.09 Å². The summed E-state index contributed by atoms with van der Waals surface area (Å²) >= 11 is 1.70. The Morgan fingerprint density at radius 2 is 1.95 bits per heavy atom. The molecular formula is C32H37N5O4S. The quantitative estimate of drug-likeness (QED) is 0.283. The molecule has 9 nitrogen and oxygen atoms in total. The number of carbonyl (C=O) groups is 2. The minimum Gasteiger partial charge on any atom is -0.493 e. The zero-order valence-corrected chi connectivity index (χ0v) is 24.6. The van der Waals surface area contributed by atoms with Crippen molar-refractivity contribution >= 4 is 33.4 Å². The summed E-state index contributed by atoms with van der Waals surface area (Å²) in [6, 6.07) is 18.0. The minimum absolute atomic E-state index is 0.0230. The van der Waals surface area contributed by atoms with Crippen molar-refractivity contribution in [3.8, 4) is 17.0 Å². The van der Waals surface area contributed by atoms with Gasteiger partial charge in [0, 0.05) is 47.7 Å². The SMILES string of the molecule is COC(=O)N[C@H]1CCCC[C@@H]1n1cnc(C(=O)N2CCNC[C@H]2CCOc2cccc3sccc23)c1-c1ccccc1. The molecule has 4 aromatic rings. The number of hydrogen-bond donors (Lipinski definition) is 2. The number of carbonyl (C=O) groups excluding carboxylic acids is 2. The number of benzene rings is 2. The fourth-order valence-corrected chi connectivity index (χ4v) is 7.10. The maximum absolute atomic E-state index is 14.3. The summed E-state index contributed by atoms with van der Waals surface area (Å²) in [6.07, 6.45) is 5.83. The molecule has 2 aliphatic rings. The average molecular weight is 588 g/mol. The van der Waals surface area contributed by atoms with Crippen LogP contribution in [0.25, 0.3) is 21.3 Å². The third-order valence-corrected chi connectivity index (χ3v) is 9.28. The summed E-state index contributed by atoms with van der Waals surface area (Å²) in [5, 5.41) is 9.68. The molecule has 1 aliphatic carbocycles. The normalized spacial score (nSPS) is 20.8. The Morgan fingerprint density at radius 1 is 1.10 bits per heavy atom. The summed E-state index contributed by atoms with van der Waals surface area (Å²) in [4.78, 5) is 33.1. The number of piperazine rings is 1. The lowest BCUT2D eigenvalue weighted by molar-refractivity contribution is 0.0601. The molecule has 1 saturated heterocycles. The number of nitrogens with zero attached hydrogens (tertiary/aromatic N) is 3. The molecular weight excluding hydrogens is 550 g/mol. The van der Waals surface area contributed by atoms with Crippen molar-refractivity contribution in [1.29, 1.82) is 0 Å². The van der Waals surface area contributed by atoms with Gasteiger partial charge < -0.3 is 29.6 Å². The van der Waals surface area contributed by atoms with Crippen LogP contribution in [0.15, 0.2) is 66.3 Å². The Hall–Kier alpha value is -3.89. The van der Waals surface area contributed by atoms with Crippen molar-refractivity contribution in [2.24, 2.45) is 0 Å². The second kappa shape index (κ2) is 13.0. The molecule has 2 amide bonds. The number of thiophene rings is 1. The smallest absolute Gasteiger partial charge is 0.407 e. The van der Waals surface area contributed by atoms with Crippen molar-refractivity contribution < 1.29 is 19.1 Å². The summed E-state index contributed by atoms with van der Waals surface area (Å²) < 4.78 is 14.4. The van der Waals surface area contributed by atoms with Gasteiger partial charge >= 0.3 is 6.09 Å². The summed E-state index contributed by atoms with van der Waals surface area (Å²) in [6.45, 7) is 2.54. The number of ether oxygens (including phenoxy) is 2. The van der Waals surface area contributed by atoms with Crippen molar-refractivity contribution in [3.05, 3.63) is 72.0 Å². The van der Waals surface area contributed by atoms with Crippen LogP contribution in [0.3, 0.4) is 0 Å². The van der Waals surface area contributed by atoms with Crippen LogP contribution in [0.5, 0.6) is 5.75 Å². The number of rotatable bonds is 8. The van der Waals surface area contributed by atoms with Crippen LogP contribution in [-0.4, -0.2) is 71.9 Å². The number of fused-ring (bicyclic) bond motifs is 1. The van der Waals surface area contributed by atoms with E-state index in [1.165, 1.54) is 11.8 Å². The van der Waals surface area contributed by atoms with Crippen LogP contribution in [0.1, 0.15) is 48.6 Å². The lowest BCUT2D eigenvalue weighted by atomic mass is 9.89. The Bertz CT molecular complexity index is 1520. The number of alkyl carbamates (subject to hydrolysis) is 1. The first-order chi connectivity index (χ1) is 20.6. The van der Waals surface area contributed by atoms with Gasteiger partial charge in [-0.2, -0.15) is 0 Å². The molecule has 0 spiro atoms. The average Bonchev–Trinajstić information content (AvgIpc) is 3.70. The first kappa shape index (κ1) is 28.2. The highest BCUT2D eigenvalue weighted by molar-refractivity contribution is 7.17. The highest BCUT2D eigenvalue weighted by atomic mass is 32.1. The summed E-state index contributed by atoms with van der Waals surface area (Å²) in [7, 11) is 1.38. The molecule has 2 N–H and O–H groups in total. The predicted molar refractivity (Wildman–Crippen MR) is 164 cm³/mol. The van der Waals surface area contributed by atoms with E-state index in [1.54, 1.807) is 17.7 Å². The highest BCUT2D eigenvalue weighted by Crippen LogP contribution is 2.35. The number of imidazole rings is 1. The molecule has 0 radical (unpaired) electrons. The summed E-state index contributed by atoms with van der Waals surface area (Å²) in [5.74, 6) is 0.801. The molecule has 3 heterocycles. The standard InChI is InChI=1S/C32H37N5O4S/c1-40-32(39)35-25-10-5-6-11-26(25)37-21-34-29(30(37)22-8-3-2-4-9-22)31(38)36-17-16-33-20-23(36)14-18-41-27-12-7-13-28-24(27)15-19-42-28/h2-4,7-9,12-13,15,19,21,23,25-26,33H,5-6,10-11,14,16-18,20H2,1H3,(H,35,39)/t23-,25+,26+/m1/s1. The van der Waals surface area contributed by atoms with Crippen LogP contribution in [0, 0.1) is 0 Å². The lowest BCUT2D eigenvalue weighted by Crippen LogP contribution is -2.54. The Kier molecular flexibility index (Phi) is 8.71. The van der Waals surface area contributed by atoms with E-state index in [-0.39, 0.29) is 24.0 Å². The Labute approximate surface area is 249 Å². The van der Waals surface area contributed by atoms with Gasteiger partial charge in [0.15, 0.2) is 5.69 Å². The van der Waals surface area contributed by atoms with Crippen LogP contribution >= 0.6 is 11.3 Å². The molecule has 0 unspecified atom stereocenters. The maximum atomic E-state index is 14.3. The molecule has 1 aliphatic heterocycles. The molecule has 220 valence electrons. The Balaban J connectivity index is 1.25. The molecule has 2 aromatic carbocycles. The van der Waals surface area contributed by atoms with Crippen molar-refractivity contribution in [3.63, 3.8) is 0 Å². The second-order valence-corrected chi connectivity index (χ2v) is 11.8. The fourth-order valence-electron chi connectivity index (χ4n) is 6.29. The van der Waals surface area contributed by atoms with Gasteiger partial charge in [-0.1, -0.05) is 49.2 Å². The number of amides is 2. The molecule has 10 heteroatoms. The van der Waals surface area contributed by atoms with Gasteiger partial charge in [0.05, 0.1) is 37.8 Å². The van der Waals surface area contributed by atoms with Crippen molar-refractivity contribution in [1.82, 2.24) is 25.1 Å². The van der Waals surface area contributed by atoms with Gasteiger partial charge in [-0.05, 0) is 36.4 Å². The van der Waals surface area contributed by atoms with Gasteiger partial charge in [0.1, 0.15) is 5.75 Å². The molecule has 3 atom stereocenters. The van der Waals surface area contributed by atoms with Crippen molar-refractivity contribution in [2.45, 2.75) is 50.2 Å². The van der Waals surface area contributed by atoms with Crippen LogP contribution in [-0.2, 0) is 4.74 Å². The van der Waals surface area contributed by atoms with Gasteiger partial charge in [-0.15, -0.1) is 11.3 Å². The third-order valence-electron chi connectivity index (χ3n) is 8.39. The first-order valence-electron chi connectivity index (χ1n) is 14.7. The van der Waals surface area contributed by atoms with Gasteiger partial charge in [0.25, 0.3) is 5.91 Å². The van der Waals surface area contributed by atoms with E-state index >= 15 is 0 Å². The monoisotopic (exact) mass is 587 g/mol. The zero-order valence-electron chi connectivity index (χ0n) is 23.8. The molecule has 6 rings (SSSR count). The summed E-state index contributed by atoms with van der Waals surface area (Å²) in [5.41, 5.74) is 2.17. The minimum atomic E-state index is -0.439. The van der Waals surface area contributed by atoms with Crippen LogP contribution in [0.4, 0.5) is 4.79 Å². The van der Waals surface area contributed by atoms with E-state index in [1.807, 2.05) is 47.4 Å². The Morgan fingerprint density at radius 3 is 2.81 bits per heavy atom. The molecule has 2 fully saturated rings. The second-order valence-electron chi connectivity index (χ2n) is 10.9. The topological polar surface area (TPSA) is 97.7 Å². The largest absolute Gasteiger partial charge is 0.493 e. The van der Waals surface area contributed by atoms with Crippen LogP contribution in [0.2, 0.25) is 0 Å². The first-order valence-corrected chi connectivity index (χ1v) is 15.6. The van der Waals surface area contributed by atoms with Gasteiger partial charge in [-0.3, -0.25) is 4.79 Å². The van der Waals surface area contributed by atoms with Gasteiger partial charge in [0.2, 0.25) is 0 Å². The number of hydrogen-bond acceptors (Lipinski definition) is 7. The predicted octanol–water partition coefficient (Wildman–Crippen LogP) is 5.49. The van der Waals surface area contributed by atoms with E-state index in [0.717, 1.165) is 54.6 Å². The molecule has 42 heavy (non-hydrogen) atoms. The third kappa shape index (κ3) is 5.87. The van der Waals surface area contributed by atoms with Crippen LogP contribution < -0.4 is 15.4 Å². The zero-order chi connectivity index (χ0) is 28.9. The molecule has 0 bridgehead atoms. The maximum Gasteiger partial charge on any atom is 0.407 e. The number of methoxy groups -OCH3 is 1. The van der Waals surface area contributed by atoms with E-state index in [9.17, 15) is 9.59 Å².